The molecule has 0 saturated carbocycles. The second-order valence-corrected chi connectivity index (χ2v) is 7.87. The van der Waals surface area contributed by atoms with Crippen molar-refractivity contribution < 1.29 is 17.9 Å². The average molecular weight is 361 g/mol. The Hall–Kier alpha value is -2.05. The van der Waals surface area contributed by atoms with Crippen LogP contribution >= 0.6 is 0 Å². The number of sulfonamides is 1. The van der Waals surface area contributed by atoms with E-state index < -0.39 is 10.0 Å². The summed E-state index contributed by atoms with van der Waals surface area (Å²) >= 11 is 0. The first-order valence-electron chi connectivity index (χ1n) is 8.48. The SMILES string of the molecule is CCC(NS(=O)(=O)c1ccc2c(c1)OCCCO2)c1ccc(C)cc1. The minimum Gasteiger partial charge on any atom is -0.490 e. The highest BCUT2D eigenvalue weighted by molar-refractivity contribution is 7.89. The van der Waals surface area contributed by atoms with Crippen molar-refractivity contribution >= 4 is 10.0 Å². The van der Waals surface area contributed by atoms with E-state index in [4.69, 9.17) is 9.47 Å². The molecule has 1 N–H and O–H groups in total. The van der Waals surface area contributed by atoms with Crippen molar-refractivity contribution in [1.82, 2.24) is 4.72 Å². The van der Waals surface area contributed by atoms with Gasteiger partial charge in [0.05, 0.1) is 18.1 Å². The monoisotopic (exact) mass is 361 g/mol. The third-order valence-electron chi connectivity index (χ3n) is 4.21. The predicted octanol–water partition coefficient (Wildman–Crippen LogP) is 3.59. The number of aryl methyl sites for hydroxylation is 1. The molecule has 0 bridgehead atoms. The van der Waals surface area contributed by atoms with Gasteiger partial charge < -0.3 is 9.47 Å². The Bertz CT molecular complexity index is 831. The van der Waals surface area contributed by atoms with Crippen LogP contribution in [0.25, 0.3) is 0 Å². The molecule has 1 unspecified atom stereocenters. The molecule has 0 fully saturated rings. The summed E-state index contributed by atoms with van der Waals surface area (Å²) in [6.45, 7) is 5.06. The van der Waals surface area contributed by atoms with Gasteiger partial charge in [0.1, 0.15) is 0 Å². The lowest BCUT2D eigenvalue weighted by Gasteiger charge is -2.18. The zero-order chi connectivity index (χ0) is 17.9. The molecule has 2 aromatic carbocycles. The molecule has 3 rings (SSSR count). The van der Waals surface area contributed by atoms with E-state index in [9.17, 15) is 8.42 Å². The minimum absolute atomic E-state index is 0.183. The topological polar surface area (TPSA) is 64.6 Å². The molecule has 1 aliphatic heterocycles. The highest BCUT2D eigenvalue weighted by atomic mass is 32.2. The molecule has 6 heteroatoms. The second kappa shape index (κ2) is 7.45. The predicted molar refractivity (Wildman–Crippen MR) is 96.6 cm³/mol. The van der Waals surface area contributed by atoms with Gasteiger partial charge in [0.15, 0.2) is 11.5 Å². The third kappa shape index (κ3) is 4.14. The molecule has 0 aliphatic carbocycles. The Balaban J connectivity index is 1.85. The Morgan fingerprint density at radius 3 is 2.40 bits per heavy atom. The fourth-order valence-corrected chi connectivity index (χ4v) is 4.07. The lowest BCUT2D eigenvalue weighted by atomic mass is 10.0. The number of hydrogen-bond donors (Lipinski definition) is 1. The normalized spacial score (nSPS) is 15.4. The highest BCUT2D eigenvalue weighted by Crippen LogP contribution is 2.32. The van der Waals surface area contributed by atoms with Crippen LogP contribution in [0, 0.1) is 6.92 Å². The van der Waals surface area contributed by atoms with Crippen molar-refractivity contribution in [1.29, 1.82) is 0 Å². The molecule has 2 aromatic rings. The van der Waals surface area contributed by atoms with Crippen LogP contribution in [-0.4, -0.2) is 21.6 Å². The summed E-state index contributed by atoms with van der Waals surface area (Å²) in [5.41, 5.74) is 2.09. The molecular weight excluding hydrogens is 338 g/mol. The van der Waals surface area contributed by atoms with E-state index in [2.05, 4.69) is 4.72 Å². The number of benzene rings is 2. The maximum absolute atomic E-state index is 12.8. The molecule has 1 heterocycles. The van der Waals surface area contributed by atoms with Gasteiger partial charge in [-0.25, -0.2) is 13.1 Å². The molecule has 134 valence electrons. The van der Waals surface area contributed by atoms with Gasteiger partial charge >= 0.3 is 0 Å². The van der Waals surface area contributed by atoms with Crippen LogP contribution in [0.3, 0.4) is 0 Å². The van der Waals surface area contributed by atoms with Gasteiger partial charge in [-0.2, -0.15) is 0 Å². The maximum Gasteiger partial charge on any atom is 0.241 e. The molecule has 0 spiro atoms. The molecule has 0 radical (unpaired) electrons. The molecule has 25 heavy (non-hydrogen) atoms. The summed E-state index contributed by atoms with van der Waals surface area (Å²) in [6, 6.07) is 12.4. The highest BCUT2D eigenvalue weighted by Gasteiger charge is 2.22. The molecule has 1 atom stereocenters. The molecule has 0 saturated heterocycles. The quantitative estimate of drug-likeness (QED) is 0.884. The molecule has 0 aromatic heterocycles. The van der Waals surface area contributed by atoms with Gasteiger partial charge in [-0.3, -0.25) is 0 Å². The van der Waals surface area contributed by atoms with Crippen LogP contribution in [0.4, 0.5) is 0 Å². The average Bonchev–Trinajstić information content (AvgIpc) is 2.85. The van der Waals surface area contributed by atoms with Crippen molar-refractivity contribution in [3.63, 3.8) is 0 Å². The Morgan fingerprint density at radius 2 is 1.72 bits per heavy atom. The summed E-state index contributed by atoms with van der Waals surface area (Å²) in [4.78, 5) is 0.183. The summed E-state index contributed by atoms with van der Waals surface area (Å²) in [6.07, 6.45) is 1.44. The summed E-state index contributed by atoms with van der Waals surface area (Å²) in [7, 11) is -3.66. The summed E-state index contributed by atoms with van der Waals surface area (Å²) in [5, 5.41) is 0. The summed E-state index contributed by atoms with van der Waals surface area (Å²) < 4.78 is 39.6. The minimum atomic E-state index is -3.66. The van der Waals surface area contributed by atoms with E-state index in [1.807, 2.05) is 38.1 Å². The lowest BCUT2D eigenvalue weighted by Crippen LogP contribution is -2.28. The van der Waals surface area contributed by atoms with Gasteiger partial charge in [0.2, 0.25) is 10.0 Å². The third-order valence-corrected chi connectivity index (χ3v) is 5.68. The van der Waals surface area contributed by atoms with Crippen molar-refractivity contribution in [2.45, 2.75) is 37.6 Å². The van der Waals surface area contributed by atoms with E-state index in [0.717, 1.165) is 17.5 Å². The number of rotatable bonds is 5. The Kier molecular flexibility index (Phi) is 5.30. The second-order valence-electron chi connectivity index (χ2n) is 6.15. The van der Waals surface area contributed by atoms with Gasteiger partial charge in [-0.1, -0.05) is 36.8 Å². The zero-order valence-electron chi connectivity index (χ0n) is 14.5. The molecule has 0 amide bonds. The fraction of sp³-hybridized carbons (Fsp3) is 0.368. The molecule has 1 aliphatic rings. The van der Waals surface area contributed by atoms with Crippen molar-refractivity contribution in [3.8, 4) is 11.5 Å². The van der Waals surface area contributed by atoms with E-state index in [0.29, 0.717) is 31.1 Å². The number of ether oxygens (including phenoxy) is 2. The standard InChI is InChI=1S/C19H23NO4S/c1-3-17(15-7-5-14(2)6-8-15)20-25(21,22)16-9-10-18-19(13-16)24-12-4-11-23-18/h5-10,13,17,20H,3-4,11-12H2,1-2H3. The van der Waals surface area contributed by atoms with Crippen molar-refractivity contribution in [3.05, 3.63) is 53.6 Å². The first-order valence-corrected chi connectivity index (χ1v) is 9.96. The molecular formula is C19H23NO4S. The van der Waals surface area contributed by atoms with Gasteiger partial charge in [0.25, 0.3) is 0 Å². The smallest absolute Gasteiger partial charge is 0.241 e. The van der Waals surface area contributed by atoms with E-state index in [1.165, 1.54) is 6.07 Å². The van der Waals surface area contributed by atoms with Crippen LogP contribution in [0.15, 0.2) is 47.4 Å². The van der Waals surface area contributed by atoms with Crippen molar-refractivity contribution in [2.24, 2.45) is 0 Å². The van der Waals surface area contributed by atoms with Gasteiger partial charge in [-0.05, 0) is 31.0 Å². The Morgan fingerprint density at radius 1 is 1.04 bits per heavy atom. The summed E-state index contributed by atoms with van der Waals surface area (Å²) in [5.74, 6) is 1.06. The van der Waals surface area contributed by atoms with Crippen LogP contribution in [0.5, 0.6) is 11.5 Å². The lowest BCUT2D eigenvalue weighted by molar-refractivity contribution is 0.297. The largest absolute Gasteiger partial charge is 0.490 e. The van der Waals surface area contributed by atoms with Crippen LogP contribution in [0.1, 0.15) is 36.9 Å². The van der Waals surface area contributed by atoms with E-state index >= 15 is 0 Å². The van der Waals surface area contributed by atoms with E-state index in [1.54, 1.807) is 12.1 Å². The number of nitrogens with one attached hydrogen (secondary N) is 1. The number of hydrogen-bond acceptors (Lipinski definition) is 4. The Labute approximate surface area is 149 Å². The fourth-order valence-electron chi connectivity index (χ4n) is 2.75. The maximum atomic E-state index is 12.8. The van der Waals surface area contributed by atoms with Crippen LogP contribution < -0.4 is 14.2 Å². The first kappa shape index (κ1) is 17.8. The number of fused-ring (bicyclic) bond motifs is 1. The van der Waals surface area contributed by atoms with Crippen LogP contribution in [0.2, 0.25) is 0 Å². The van der Waals surface area contributed by atoms with Gasteiger partial charge in [-0.15, -0.1) is 0 Å². The zero-order valence-corrected chi connectivity index (χ0v) is 15.3. The van der Waals surface area contributed by atoms with Crippen LogP contribution in [-0.2, 0) is 10.0 Å². The van der Waals surface area contributed by atoms with Crippen molar-refractivity contribution in [2.75, 3.05) is 13.2 Å². The van der Waals surface area contributed by atoms with E-state index in [-0.39, 0.29) is 10.9 Å². The first-order chi connectivity index (χ1) is 12.0. The van der Waals surface area contributed by atoms with Gasteiger partial charge in [0, 0.05) is 18.5 Å². The molecule has 5 nitrogen and oxygen atoms in total.